The number of halogens is 3. The number of hydrogen-bond donors (Lipinski definition) is 2. The van der Waals surface area contributed by atoms with Gasteiger partial charge in [-0.1, -0.05) is 11.6 Å². The van der Waals surface area contributed by atoms with Gasteiger partial charge in [-0.05, 0) is 22.0 Å². The normalized spacial score (nSPS) is 10.2. The summed E-state index contributed by atoms with van der Waals surface area (Å²) in [6.07, 6.45) is 1.22. The first-order valence-electron chi connectivity index (χ1n) is 5.24. The number of anilines is 1. The molecule has 0 aliphatic heterocycles. The molecule has 1 aromatic heterocycles. The maximum absolute atomic E-state index is 13.5. The predicted octanol–water partition coefficient (Wildman–Crippen LogP) is 3.12. The van der Waals surface area contributed by atoms with Gasteiger partial charge in [-0.2, -0.15) is 4.98 Å². The van der Waals surface area contributed by atoms with Crippen molar-refractivity contribution in [3.8, 4) is 17.4 Å². The van der Waals surface area contributed by atoms with Crippen molar-refractivity contribution in [3.05, 3.63) is 33.8 Å². The summed E-state index contributed by atoms with van der Waals surface area (Å²) in [6, 6.07) is 2.51. The molecule has 1 heterocycles. The second kappa shape index (κ2) is 6.21. The zero-order valence-corrected chi connectivity index (χ0v) is 12.5. The molecule has 9 heteroatoms. The van der Waals surface area contributed by atoms with Gasteiger partial charge in [-0.25, -0.2) is 15.2 Å². The molecule has 106 valence electrons. The van der Waals surface area contributed by atoms with Crippen LogP contribution in [0.15, 0.2) is 22.9 Å². The maximum atomic E-state index is 13.5. The molecule has 0 radical (unpaired) electrons. The number of nitrogen functional groups attached to an aromatic ring is 1. The largest absolute Gasteiger partial charge is 0.489 e. The molecule has 0 saturated heterocycles. The van der Waals surface area contributed by atoms with Crippen molar-refractivity contribution in [1.82, 2.24) is 9.97 Å². The van der Waals surface area contributed by atoms with E-state index in [0.29, 0.717) is 0 Å². The van der Waals surface area contributed by atoms with Crippen molar-refractivity contribution >= 4 is 33.3 Å². The summed E-state index contributed by atoms with van der Waals surface area (Å²) in [6.45, 7) is 0. The zero-order chi connectivity index (χ0) is 14.7. The third kappa shape index (κ3) is 2.92. The molecule has 2 aromatic rings. The van der Waals surface area contributed by atoms with E-state index in [1.807, 2.05) is 0 Å². The molecule has 0 bridgehead atoms. The first kappa shape index (κ1) is 14.8. The topological polar surface area (TPSA) is 82.3 Å². The van der Waals surface area contributed by atoms with Gasteiger partial charge >= 0.3 is 0 Å². The van der Waals surface area contributed by atoms with Gasteiger partial charge in [0.25, 0.3) is 5.88 Å². The average molecular weight is 364 g/mol. The lowest BCUT2D eigenvalue weighted by molar-refractivity contribution is 0.368. The van der Waals surface area contributed by atoms with Crippen LogP contribution in [0.2, 0.25) is 5.02 Å². The number of aromatic nitrogens is 2. The fourth-order valence-corrected chi connectivity index (χ4v) is 2.08. The number of nitrogens with two attached hydrogens (primary N) is 1. The van der Waals surface area contributed by atoms with E-state index >= 15 is 0 Å². The molecule has 2 rings (SSSR count). The van der Waals surface area contributed by atoms with Gasteiger partial charge < -0.3 is 14.9 Å². The van der Waals surface area contributed by atoms with Crippen molar-refractivity contribution in [3.63, 3.8) is 0 Å². The van der Waals surface area contributed by atoms with E-state index in [0.717, 1.165) is 6.07 Å². The van der Waals surface area contributed by atoms with Crippen LogP contribution in [-0.2, 0) is 0 Å². The monoisotopic (exact) mass is 362 g/mol. The number of rotatable bonds is 4. The van der Waals surface area contributed by atoms with Crippen LogP contribution in [0.1, 0.15) is 0 Å². The second-order valence-corrected chi connectivity index (χ2v) is 4.77. The van der Waals surface area contributed by atoms with Crippen LogP contribution in [-0.4, -0.2) is 17.1 Å². The molecule has 0 saturated carbocycles. The van der Waals surface area contributed by atoms with Gasteiger partial charge in [0, 0.05) is 6.07 Å². The van der Waals surface area contributed by atoms with Crippen LogP contribution in [0.5, 0.6) is 17.4 Å². The Hall–Kier alpha value is -1.64. The Morgan fingerprint density at radius 3 is 2.80 bits per heavy atom. The highest BCUT2D eigenvalue weighted by Gasteiger charge is 2.16. The molecule has 0 amide bonds. The molecule has 0 aliphatic carbocycles. The summed E-state index contributed by atoms with van der Waals surface area (Å²) in [5.41, 5.74) is 2.34. The van der Waals surface area contributed by atoms with Crippen LogP contribution in [0.3, 0.4) is 0 Å². The molecular formula is C11H9BrClFN4O2. The molecule has 0 fully saturated rings. The van der Waals surface area contributed by atoms with Crippen molar-refractivity contribution in [2.75, 3.05) is 12.5 Å². The van der Waals surface area contributed by atoms with E-state index < -0.39 is 5.82 Å². The molecule has 20 heavy (non-hydrogen) atoms. The number of hydrogen-bond acceptors (Lipinski definition) is 6. The summed E-state index contributed by atoms with van der Waals surface area (Å²) in [4.78, 5) is 7.76. The fourth-order valence-electron chi connectivity index (χ4n) is 1.40. The van der Waals surface area contributed by atoms with Gasteiger partial charge in [0.15, 0.2) is 11.6 Å². The highest BCUT2D eigenvalue weighted by molar-refractivity contribution is 9.10. The van der Waals surface area contributed by atoms with Gasteiger partial charge in [-0.15, -0.1) is 0 Å². The summed E-state index contributed by atoms with van der Waals surface area (Å²) in [7, 11) is 1.40. The average Bonchev–Trinajstić information content (AvgIpc) is 2.44. The Morgan fingerprint density at radius 2 is 2.15 bits per heavy atom. The number of hydrazine groups is 1. The zero-order valence-electron chi connectivity index (χ0n) is 10.2. The van der Waals surface area contributed by atoms with Gasteiger partial charge in [-0.3, -0.25) is 0 Å². The van der Waals surface area contributed by atoms with Crippen molar-refractivity contribution in [1.29, 1.82) is 0 Å². The van der Waals surface area contributed by atoms with Crippen LogP contribution >= 0.6 is 27.5 Å². The van der Waals surface area contributed by atoms with E-state index in [-0.39, 0.29) is 32.7 Å². The minimum absolute atomic E-state index is 0.0547. The Balaban J connectivity index is 2.42. The lowest BCUT2D eigenvalue weighted by atomic mass is 10.3. The van der Waals surface area contributed by atoms with E-state index in [2.05, 4.69) is 31.3 Å². The van der Waals surface area contributed by atoms with Crippen molar-refractivity contribution < 1.29 is 13.9 Å². The fraction of sp³-hybridized carbons (Fsp3) is 0.0909. The molecule has 0 spiro atoms. The van der Waals surface area contributed by atoms with E-state index in [1.165, 1.54) is 19.5 Å². The minimum atomic E-state index is -0.519. The Labute approximate surface area is 127 Å². The van der Waals surface area contributed by atoms with E-state index in [9.17, 15) is 4.39 Å². The maximum Gasteiger partial charge on any atom is 0.268 e. The number of ether oxygens (including phenoxy) is 2. The van der Waals surface area contributed by atoms with E-state index in [1.54, 1.807) is 0 Å². The van der Waals surface area contributed by atoms with Crippen molar-refractivity contribution in [2.45, 2.75) is 0 Å². The molecule has 1 aromatic carbocycles. The Morgan fingerprint density at radius 1 is 1.40 bits per heavy atom. The third-order valence-corrected chi connectivity index (χ3v) is 3.20. The Kier molecular flexibility index (Phi) is 4.58. The first-order chi connectivity index (χ1) is 9.56. The van der Waals surface area contributed by atoms with Crippen LogP contribution in [0, 0.1) is 5.82 Å². The highest BCUT2D eigenvalue weighted by Crippen LogP contribution is 2.38. The molecule has 0 atom stereocenters. The second-order valence-electron chi connectivity index (χ2n) is 3.50. The molecule has 0 aliphatic rings. The smallest absolute Gasteiger partial charge is 0.268 e. The Bertz CT molecular complexity index is 644. The van der Waals surface area contributed by atoms with E-state index in [4.69, 9.17) is 26.9 Å². The van der Waals surface area contributed by atoms with Gasteiger partial charge in [0.2, 0.25) is 5.75 Å². The summed E-state index contributed by atoms with van der Waals surface area (Å²) in [5, 5.41) is 0.209. The van der Waals surface area contributed by atoms with Gasteiger partial charge in [0.05, 0.1) is 16.6 Å². The summed E-state index contributed by atoms with van der Waals surface area (Å²) < 4.78 is 24.3. The lowest BCUT2D eigenvalue weighted by Gasteiger charge is -2.12. The van der Waals surface area contributed by atoms with Crippen LogP contribution in [0.4, 0.5) is 10.2 Å². The number of nitrogens with one attached hydrogen (secondary N) is 1. The first-order valence-corrected chi connectivity index (χ1v) is 6.42. The SMILES string of the molecule is COc1c(NN)ncnc1Oc1cc(F)c(Br)cc1Cl. The molecule has 3 N–H and O–H groups in total. The quantitative estimate of drug-likeness (QED) is 0.493. The number of benzene rings is 1. The predicted molar refractivity (Wildman–Crippen MR) is 75.6 cm³/mol. The van der Waals surface area contributed by atoms with Gasteiger partial charge in [0.1, 0.15) is 12.1 Å². The number of nitrogens with zero attached hydrogens (tertiary/aromatic N) is 2. The van der Waals surface area contributed by atoms with Crippen LogP contribution < -0.4 is 20.7 Å². The summed E-state index contributed by atoms with van der Waals surface area (Å²) in [5.74, 6) is 5.32. The molecular weight excluding hydrogens is 355 g/mol. The number of methoxy groups -OCH3 is 1. The van der Waals surface area contributed by atoms with Crippen molar-refractivity contribution in [2.24, 2.45) is 5.84 Å². The standard InChI is InChI=1S/C11H9BrClFN4O2/c1-19-9-10(18-15)16-4-17-11(9)20-8-3-7(14)5(12)2-6(8)13/h2-4H,15H2,1H3,(H,16,17,18). The highest BCUT2D eigenvalue weighted by atomic mass is 79.9. The van der Waals surface area contributed by atoms with Crippen LogP contribution in [0.25, 0.3) is 0 Å². The lowest BCUT2D eigenvalue weighted by Crippen LogP contribution is -2.11. The summed E-state index contributed by atoms with van der Waals surface area (Å²) >= 11 is 9.00. The minimum Gasteiger partial charge on any atom is -0.489 e. The molecule has 6 nitrogen and oxygen atoms in total. The molecule has 0 unspecified atom stereocenters. The third-order valence-electron chi connectivity index (χ3n) is 2.29.